The highest BCUT2D eigenvalue weighted by Crippen LogP contribution is 2.37. The van der Waals surface area contributed by atoms with Crippen LogP contribution in [0.25, 0.3) is 0 Å². The zero-order valence-electron chi connectivity index (χ0n) is 11.9. The molecule has 1 amide bonds. The van der Waals surface area contributed by atoms with Crippen LogP contribution in [0.15, 0.2) is 18.2 Å². The van der Waals surface area contributed by atoms with E-state index in [1.165, 1.54) is 5.56 Å². The number of rotatable bonds is 4. The van der Waals surface area contributed by atoms with Gasteiger partial charge in [-0.15, -0.1) is 0 Å². The van der Waals surface area contributed by atoms with Crippen LogP contribution < -0.4 is 11.1 Å². The predicted molar refractivity (Wildman–Crippen MR) is 77.3 cm³/mol. The van der Waals surface area contributed by atoms with Crippen molar-refractivity contribution in [2.24, 2.45) is 5.73 Å². The highest BCUT2D eigenvalue weighted by molar-refractivity contribution is 5.87. The van der Waals surface area contributed by atoms with Gasteiger partial charge in [-0.05, 0) is 43.7 Å². The highest BCUT2D eigenvalue weighted by Gasteiger charge is 2.44. The number of hydrogen-bond donors (Lipinski definition) is 2. The summed E-state index contributed by atoms with van der Waals surface area (Å²) in [6.45, 7) is 3.56. The van der Waals surface area contributed by atoms with Crippen molar-refractivity contribution in [2.45, 2.75) is 44.2 Å². The second kappa shape index (κ2) is 5.19. The van der Waals surface area contributed by atoms with E-state index < -0.39 is 5.54 Å². The van der Waals surface area contributed by atoms with Crippen molar-refractivity contribution in [1.82, 2.24) is 5.32 Å². The number of fused-ring (bicyclic) bond motifs is 1. The lowest BCUT2D eigenvalue weighted by molar-refractivity contribution is -0.125. The molecular weight excluding hydrogens is 252 g/mol. The average Bonchev–Trinajstić information content (AvgIpc) is 3.04. The first-order valence-corrected chi connectivity index (χ1v) is 7.38. The molecule has 1 aromatic rings. The summed E-state index contributed by atoms with van der Waals surface area (Å²) in [5, 5.41) is 3.42. The molecule has 2 aliphatic rings. The van der Waals surface area contributed by atoms with Gasteiger partial charge in [-0.3, -0.25) is 10.1 Å². The molecule has 0 aromatic heterocycles. The summed E-state index contributed by atoms with van der Waals surface area (Å²) in [7, 11) is 0. The summed E-state index contributed by atoms with van der Waals surface area (Å²) in [6, 6.07) is 6.30. The minimum atomic E-state index is -0.715. The van der Waals surface area contributed by atoms with Crippen molar-refractivity contribution in [3.8, 4) is 0 Å². The maximum atomic E-state index is 12.1. The van der Waals surface area contributed by atoms with E-state index in [1.807, 2.05) is 6.92 Å². The minimum Gasteiger partial charge on any atom is -0.377 e. The Balaban J connectivity index is 1.86. The quantitative estimate of drug-likeness (QED) is 0.872. The maximum absolute atomic E-state index is 12.1. The van der Waals surface area contributed by atoms with Crippen molar-refractivity contribution in [3.05, 3.63) is 34.9 Å². The number of carbonyl (C=O) groups excluding carboxylic acids is 1. The third kappa shape index (κ3) is 2.23. The fourth-order valence-electron chi connectivity index (χ4n) is 3.38. The number of aryl methyl sites for hydroxylation is 2. The molecule has 0 bridgehead atoms. The highest BCUT2D eigenvalue weighted by atomic mass is 16.5. The molecule has 2 atom stereocenters. The molecule has 1 heterocycles. The molecule has 0 radical (unpaired) electrons. The topological polar surface area (TPSA) is 64.3 Å². The van der Waals surface area contributed by atoms with Crippen LogP contribution >= 0.6 is 0 Å². The molecule has 1 aliphatic heterocycles. The molecule has 20 heavy (non-hydrogen) atoms. The van der Waals surface area contributed by atoms with Crippen LogP contribution in [0.2, 0.25) is 0 Å². The third-order valence-electron chi connectivity index (χ3n) is 4.57. The van der Waals surface area contributed by atoms with Crippen molar-refractivity contribution in [1.29, 1.82) is 0 Å². The summed E-state index contributed by atoms with van der Waals surface area (Å²) in [4.78, 5) is 12.1. The predicted octanol–water partition coefficient (Wildman–Crippen LogP) is 1.39. The van der Waals surface area contributed by atoms with E-state index in [0.717, 1.165) is 43.4 Å². The Morgan fingerprint density at radius 2 is 2.40 bits per heavy atom. The number of benzene rings is 1. The Labute approximate surface area is 119 Å². The lowest BCUT2D eigenvalue weighted by atomic mass is 9.89. The molecule has 2 unspecified atom stereocenters. The molecule has 3 rings (SSSR count). The van der Waals surface area contributed by atoms with Crippen LogP contribution in [0.4, 0.5) is 0 Å². The number of ether oxygens (including phenoxy) is 1. The molecule has 1 aromatic carbocycles. The van der Waals surface area contributed by atoms with Gasteiger partial charge in [0.25, 0.3) is 0 Å². The Kier molecular flexibility index (Phi) is 3.52. The van der Waals surface area contributed by atoms with E-state index in [1.54, 1.807) is 0 Å². The molecule has 3 N–H and O–H groups in total. The van der Waals surface area contributed by atoms with Gasteiger partial charge in [-0.2, -0.15) is 0 Å². The van der Waals surface area contributed by atoms with E-state index in [2.05, 4.69) is 23.5 Å². The third-order valence-corrected chi connectivity index (χ3v) is 4.57. The van der Waals surface area contributed by atoms with Crippen LogP contribution in [-0.4, -0.2) is 25.2 Å². The fourth-order valence-corrected chi connectivity index (χ4v) is 3.38. The zero-order chi connectivity index (χ0) is 14.2. The SMILES string of the molecule is Cc1ccc2c(c1)C(NCC1CCCO1)(C(N)=O)CC2. The normalized spacial score (nSPS) is 28.6. The van der Waals surface area contributed by atoms with Gasteiger partial charge >= 0.3 is 0 Å². The number of hydrogen-bond acceptors (Lipinski definition) is 3. The number of amides is 1. The summed E-state index contributed by atoms with van der Waals surface area (Å²) < 4.78 is 5.63. The van der Waals surface area contributed by atoms with E-state index in [-0.39, 0.29) is 12.0 Å². The first kappa shape index (κ1) is 13.6. The number of primary amides is 1. The second-order valence-electron chi connectivity index (χ2n) is 5.95. The molecule has 108 valence electrons. The van der Waals surface area contributed by atoms with Crippen molar-refractivity contribution in [3.63, 3.8) is 0 Å². The molecule has 0 spiro atoms. The fraction of sp³-hybridized carbons (Fsp3) is 0.562. The van der Waals surface area contributed by atoms with Gasteiger partial charge in [-0.25, -0.2) is 0 Å². The van der Waals surface area contributed by atoms with Gasteiger partial charge in [-0.1, -0.05) is 23.8 Å². The van der Waals surface area contributed by atoms with E-state index in [0.29, 0.717) is 6.54 Å². The lowest BCUT2D eigenvalue weighted by Gasteiger charge is -2.30. The van der Waals surface area contributed by atoms with Crippen molar-refractivity contribution >= 4 is 5.91 Å². The smallest absolute Gasteiger partial charge is 0.242 e. The minimum absolute atomic E-state index is 0.208. The molecule has 0 saturated carbocycles. The standard InChI is InChI=1S/C16H22N2O2/c1-11-4-5-12-6-7-16(15(17)19,14(12)9-11)18-10-13-3-2-8-20-13/h4-5,9,13,18H,2-3,6-8,10H2,1H3,(H2,17,19). The Morgan fingerprint density at radius 3 is 3.10 bits per heavy atom. The maximum Gasteiger partial charge on any atom is 0.242 e. The summed E-state index contributed by atoms with van der Waals surface area (Å²) in [5.74, 6) is -0.278. The molecule has 1 aliphatic carbocycles. The molecule has 4 heteroatoms. The van der Waals surface area contributed by atoms with Crippen molar-refractivity contribution in [2.75, 3.05) is 13.2 Å². The van der Waals surface area contributed by atoms with Gasteiger partial charge in [0.1, 0.15) is 5.54 Å². The summed E-state index contributed by atoms with van der Waals surface area (Å²) in [6.07, 6.45) is 4.01. The first-order valence-electron chi connectivity index (χ1n) is 7.38. The Morgan fingerprint density at radius 1 is 1.55 bits per heavy atom. The summed E-state index contributed by atoms with van der Waals surface area (Å²) in [5.41, 5.74) is 8.48. The molecule has 1 fully saturated rings. The van der Waals surface area contributed by atoms with E-state index in [4.69, 9.17) is 10.5 Å². The number of nitrogens with one attached hydrogen (secondary N) is 1. The Bertz CT molecular complexity index is 523. The van der Waals surface area contributed by atoms with Crippen LogP contribution in [0.5, 0.6) is 0 Å². The first-order chi connectivity index (χ1) is 9.62. The zero-order valence-corrected chi connectivity index (χ0v) is 11.9. The largest absolute Gasteiger partial charge is 0.377 e. The molecule has 1 saturated heterocycles. The van der Waals surface area contributed by atoms with Gasteiger partial charge in [0.05, 0.1) is 6.10 Å². The second-order valence-corrected chi connectivity index (χ2v) is 5.95. The number of nitrogens with two attached hydrogens (primary N) is 1. The Hall–Kier alpha value is -1.39. The van der Waals surface area contributed by atoms with Gasteiger partial charge < -0.3 is 10.5 Å². The van der Waals surface area contributed by atoms with Gasteiger partial charge in [0.2, 0.25) is 5.91 Å². The average molecular weight is 274 g/mol. The van der Waals surface area contributed by atoms with E-state index >= 15 is 0 Å². The van der Waals surface area contributed by atoms with Crippen LogP contribution in [0.1, 0.15) is 36.0 Å². The van der Waals surface area contributed by atoms with Crippen LogP contribution in [0, 0.1) is 6.92 Å². The van der Waals surface area contributed by atoms with Gasteiger partial charge in [0, 0.05) is 13.2 Å². The van der Waals surface area contributed by atoms with Crippen molar-refractivity contribution < 1.29 is 9.53 Å². The molecular formula is C16H22N2O2. The number of carbonyl (C=O) groups is 1. The van der Waals surface area contributed by atoms with Crippen LogP contribution in [-0.2, 0) is 21.5 Å². The molecule has 4 nitrogen and oxygen atoms in total. The summed E-state index contributed by atoms with van der Waals surface area (Å²) >= 11 is 0. The van der Waals surface area contributed by atoms with E-state index in [9.17, 15) is 4.79 Å². The lowest BCUT2D eigenvalue weighted by Crippen LogP contribution is -2.53. The van der Waals surface area contributed by atoms with Gasteiger partial charge in [0.15, 0.2) is 0 Å². The monoisotopic (exact) mass is 274 g/mol. The van der Waals surface area contributed by atoms with Crippen LogP contribution in [0.3, 0.4) is 0 Å².